The highest BCUT2D eigenvalue weighted by atomic mass is 15.4. The molecule has 0 radical (unpaired) electrons. The van der Waals surface area contributed by atoms with Gasteiger partial charge in [-0.05, 0) is 55.9 Å². The monoisotopic (exact) mass is 387 g/mol. The van der Waals surface area contributed by atoms with Gasteiger partial charge in [0.15, 0.2) is 0 Å². The third kappa shape index (κ3) is 2.75. The molecule has 2 aromatic carbocycles. The van der Waals surface area contributed by atoms with E-state index in [-0.39, 0.29) is 11.6 Å². The molecule has 2 atom stereocenters. The van der Waals surface area contributed by atoms with E-state index in [0.717, 1.165) is 12.8 Å². The van der Waals surface area contributed by atoms with Crippen LogP contribution in [-0.2, 0) is 0 Å². The van der Waals surface area contributed by atoms with Gasteiger partial charge in [0.05, 0.1) is 0 Å². The first-order chi connectivity index (χ1) is 14.3. The van der Waals surface area contributed by atoms with Crippen molar-refractivity contribution in [2.75, 3.05) is 9.80 Å². The van der Waals surface area contributed by atoms with E-state index < -0.39 is 5.89 Å². The summed E-state index contributed by atoms with van der Waals surface area (Å²) in [6.07, 6.45) is 4.98. The van der Waals surface area contributed by atoms with Crippen LogP contribution >= 0.6 is 0 Å². The van der Waals surface area contributed by atoms with E-state index in [1.54, 1.807) is 0 Å². The van der Waals surface area contributed by atoms with Crippen LogP contribution in [-0.4, -0.2) is 6.17 Å². The minimum absolute atomic E-state index is 0.0132. The molecule has 0 bridgehead atoms. The number of fused-ring (bicyclic) bond motifs is 3. The lowest BCUT2D eigenvalue weighted by Crippen LogP contribution is -2.49. The number of nitrogens with zero attached hydrogens (tertiary/aromatic N) is 2. The van der Waals surface area contributed by atoms with Crippen molar-refractivity contribution in [2.45, 2.75) is 72.4 Å². The molecule has 2 aromatic rings. The first-order valence-corrected chi connectivity index (χ1v) is 11.2. The maximum absolute atomic E-state index is 9.99. The second-order valence-electron chi connectivity index (χ2n) is 10.1. The summed E-state index contributed by atoms with van der Waals surface area (Å²) in [5.74, 6) is -0.260. The summed E-state index contributed by atoms with van der Waals surface area (Å²) in [5.41, 5.74) is 7.50. The molecule has 5 rings (SSSR count). The number of anilines is 2. The van der Waals surface area contributed by atoms with Gasteiger partial charge < -0.3 is 9.80 Å². The van der Waals surface area contributed by atoms with Gasteiger partial charge in [0.2, 0.25) is 0 Å². The predicted octanol–water partition coefficient (Wildman–Crippen LogP) is 7.21. The smallest absolute Gasteiger partial charge is 0.115 e. The molecule has 3 aliphatic rings. The third-order valence-corrected chi connectivity index (χ3v) is 7.06. The molecule has 29 heavy (non-hydrogen) atoms. The SMILES string of the molecule is [2H]C1(C2CCCC2)C2=C(C)N(c3ccccc3C)C(C(C)(C)C)N2c2ccccc21. The standard InChI is InChI=1S/C27H34N2/c1-18-12-6-10-16-22(18)28-19(2)25-24(20-13-7-8-14-20)21-15-9-11-17-23(21)29(25)26(28)27(3,4)5/h6,9-12,15-17,20,24,26H,7-8,13-14H2,1-5H3/i24D. The van der Waals surface area contributed by atoms with Gasteiger partial charge in [0.1, 0.15) is 6.17 Å². The number of hydrogen-bond donors (Lipinski definition) is 0. The van der Waals surface area contributed by atoms with Crippen LogP contribution in [0.1, 0.15) is 71.8 Å². The quantitative estimate of drug-likeness (QED) is 0.537. The minimum Gasteiger partial charge on any atom is -0.322 e. The van der Waals surface area contributed by atoms with Crippen molar-refractivity contribution in [3.63, 3.8) is 0 Å². The van der Waals surface area contributed by atoms with Gasteiger partial charge in [0.25, 0.3) is 0 Å². The van der Waals surface area contributed by atoms with E-state index in [2.05, 4.69) is 92.9 Å². The van der Waals surface area contributed by atoms with Crippen molar-refractivity contribution >= 4 is 11.4 Å². The normalized spacial score (nSPS) is 27.5. The fraction of sp³-hybridized carbons (Fsp3) is 0.481. The first kappa shape index (κ1) is 17.6. The summed E-state index contributed by atoms with van der Waals surface area (Å²) in [6, 6.07) is 17.4. The fourth-order valence-corrected chi connectivity index (χ4v) is 5.87. The van der Waals surface area contributed by atoms with Crippen molar-refractivity contribution in [2.24, 2.45) is 11.3 Å². The van der Waals surface area contributed by atoms with E-state index in [1.807, 2.05) is 0 Å². The average molecular weight is 388 g/mol. The topological polar surface area (TPSA) is 6.48 Å². The van der Waals surface area contributed by atoms with Gasteiger partial charge >= 0.3 is 0 Å². The Balaban J connectivity index is 1.79. The number of allylic oxidation sites excluding steroid dienone is 2. The highest BCUT2D eigenvalue weighted by Gasteiger charge is 2.52. The van der Waals surface area contributed by atoms with Gasteiger partial charge in [0, 0.05) is 35.4 Å². The van der Waals surface area contributed by atoms with Crippen molar-refractivity contribution in [1.29, 1.82) is 0 Å². The molecule has 1 aliphatic carbocycles. The van der Waals surface area contributed by atoms with Gasteiger partial charge in [-0.1, -0.05) is 70.0 Å². The predicted molar refractivity (Wildman–Crippen MR) is 123 cm³/mol. The highest BCUT2D eigenvalue weighted by molar-refractivity contribution is 5.77. The van der Waals surface area contributed by atoms with Crippen LogP contribution in [0.15, 0.2) is 59.9 Å². The molecule has 1 fully saturated rings. The van der Waals surface area contributed by atoms with Gasteiger partial charge in [-0.15, -0.1) is 0 Å². The Morgan fingerprint density at radius 2 is 1.48 bits per heavy atom. The molecule has 2 heterocycles. The summed E-state index contributed by atoms with van der Waals surface area (Å²) in [6.45, 7) is 11.5. The third-order valence-electron chi connectivity index (χ3n) is 7.06. The zero-order valence-corrected chi connectivity index (χ0v) is 18.5. The molecule has 1 saturated carbocycles. The van der Waals surface area contributed by atoms with Crippen LogP contribution in [0.2, 0.25) is 0 Å². The lowest BCUT2D eigenvalue weighted by Gasteiger charge is -2.42. The highest BCUT2D eigenvalue weighted by Crippen LogP contribution is 2.58. The van der Waals surface area contributed by atoms with Crippen LogP contribution in [0, 0.1) is 18.3 Å². The Morgan fingerprint density at radius 3 is 2.14 bits per heavy atom. The summed E-state index contributed by atoms with van der Waals surface area (Å²) >= 11 is 0. The number of aryl methyl sites for hydroxylation is 1. The van der Waals surface area contributed by atoms with E-state index in [9.17, 15) is 1.37 Å². The van der Waals surface area contributed by atoms with Crippen molar-refractivity contribution in [3.05, 3.63) is 71.1 Å². The van der Waals surface area contributed by atoms with Crippen LogP contribution in [0.5, 0.6) is 0 Å². The maximum atomic E-state index is 9.99. The molecule has 0 N–H and O–H groups in total. The number of benzene rings is 2. The molecule has 0 aromatic heterocycles. The van der Waals surface area contributed by atoms with Gasteiger partial charge in [-0.25, -0.2) is 0 Å². The van der Waals surface area contributed by atoms with E-state index >= 15 is 0 Å². The second-order valence-corrected chi connectivity index (χ2v) is 10.1. The lowest BCUT2D eigenvalue weighted by atomic mass is 9.84. The van der Waals surface area contributed by atoms with Crippen LogP contribution in [0.25, 0.3) is 0 Å². The molecular weight excluding hydrogens is 352 g/mol. The summed E-state index contributed by atoms with van der Waals surface area (Å²) < 4.78 is 9.99. The number of para-hydroxylation sites is 2. The molecular formula is C27H34N2. The fourth-order valence-electron chi connectivity index (χ4n) is 5.87. The Hall–Kier alpha value is -2.22. The van der Waals surface area contributed by atoms with E-state index in [4.69, 9.17) is 0 Å². The number of rotatable bonds is 2. The van der Waals surface area contributed by atoms with Crippen molar-refractivity contribution < 1.29 is 1.37 Å². The average Bonchev–Trinajstić information content (AvgIpc) is 3.39. The maximum Gasteiger partial charge on any atom is 0.115 e. The zero-order valence-electron chi connectivity index (χ0n) is 19.5. The molecule has 2 unspecified atom stereocenters. The second kappa shape index (κ2) is 6.65. The summed E-state index contributed by atoms with van der Waals surface area (Å²) in [7, 11) is 0. The summed E-state index contributed by atoms with van der Waals surface area (Å²) in [4.78, 5) is 5.06. The molecule has 0 spiro atoms. The van der Waals surface area contributed by atoms with Crippen molar-refractivity contribution in [1.82, 2.24) is 0 Å². The first-order valence-electron chi connectivity index (χ1n) is 11.7. The number of hydrogen-bond acceptors (Lipinski definition) is 2. The minimum atomic E-state index is -0.655. The Labute approximate surface area is 177 Å². The molecule has 152 valence electrons. The van der Waals surface area contributed by atoms with Crippen LogP contribution < -0.4 is 9.80 Å². The van der Waals surface area contributed by atoms with Crippen LogP contribution in [0.3, 0.4) is 0 Å². The van der Waals surface area contributed by atoms with Crippen molar-refractivity contribution in [3.8, 4) is 0 Å². The van der Waals surface area contributed by atoms with Gasteiger partial charge in [-0.2, -0.15) is 0 Å². The summed E-state index contributed by atoms with van der Waals surface area (Å²) in [5, 5.41) is 0. The largest absolute Gasteiger partial charge is 0.322 e. The molecule has 0 saturated heterocycles. The lowest BCUT2D eigenvalue weighted by molar-refractivity contribution is 0.322. The van der Waals surface area contributed by atoms with Crippen LogP contribution in [0.4, 0.5) is 11.4 Å². The Bertz CT molecular complexity index is 1010. The van der Waals surface area contributed by atoms with Gasteiger partial charge in [-0.3, -0.25) is 0 Å². The van der Waals surface area contributed by atoms with E-state index in [0.29, 0.717) is 5.92 Å². The molecule has 2 aliphatic heterocycles. The van der Waals surface area contributed by atoms with E-state index in [1.165, 1.54) is 46.7 Å². The Kier molecular flexibility index (Phi) is 4.04. The molecule has 2 nitrogen and oxygen atoms in total. The Morgan fingerprint density at radius 1 is 0.862 bits per heavy atom. The molecule has 0 amide bonds. The molecule has 2 heteroatoms. The zero-order chi connectivity index (χ0) is 21.3.